The van der Waals surface area contributed by atoms with Gasteiger partial charge in [0.15, 0.2) is 0 Å². The molecular weight excluding hydrogens is 258 g/mol. The second-order valence-electron chi connectivity index (χ2n) is 6.12. The van der Waals surface area contributed by atoms with Gasteiger partial charge in [-0.25, -0.2) is 0 Å². The number of aromatic nitrogens is 1. The topological polar surface area (TPSA) is 28.2 Å². The minimum atomic E-state index is 0.622. The third-order valence-corrected chi connectivity index (χ3v) is 4.72. The minimum Gasteiger partial charge on any atom is -0.314 e. The molecule has 0 aliphatic carbocycles. The molecule has 0 spiro atoms. The lowest BCUT2D eigenvalue weighted by Gasteiger charge is -2.39. The molecular formula is C18H25N3. The molecule has 3 heteroatoms. The molecule has 21 heavy (non-hydrogen) atoms. The standard InChI is InChI=1S/C18H25N3/c1-3-14(2)18-12-19-10-11-21(18)13-16-9-8-15-6-4-5-7-17(15)20-16/h4-9,14,18-19H,3,10-13H2,1-2H3. The predicted molar refractivity (Wildman–Crippen MR) is 88.3 cm³/mol. The maximum absolute atomic E-state index is 4.83. The van der Waals surface area contributed by atoms with Crippen LogP contribution in [0.2, 0.25) is 0 Å². The zero-order chi connectivity index (χ0) is 14.7. The normalized spacial score (nSPS) is 21.5. The Hall–Kier alpha value is -1.45. The van der Waals surface area contributed by atoms with Crippen molar-refractivity contribution >= 4 is 10.9 Å². The maximum Gasteiger partial charge on any atom is 0.0705 e. The number of fused-ring (bicyclic) bond motifs is 1. The van der Waals surface area contributed by atoms with Crippen LogP contribution in [0.3, 0.4) is 0 Å². The highest BCUT2D eigenvalue weighted by Crippen LogP contribution is 2.19. The van der Waals surface area contributed by atoms with Gasteiger partial charge in [-0.15, -0.1) is 0 Å². The van der Waals surface area contributed by atoms with Crippen LogP contribution in [0.15, 0.2) is 36.4 Å². The number of para-hydroxylation sites is 1. The van der Waals surface area contributed by atoms with Crippen LogP contribution in [0, 0.1) is 5.92 Å². The van der Waals surface area contributed by atoms with Gasteiger partial charge in [-0.2, -0.15) is 0 Å². The summed E-state index contributed by atoms with van der Waals surface area (Å²) in [4.78, 5) is 7.43. The van der Waals surface area contributed by atoms with E-state index in [-0.39, 0.29) is 0 Å². The summed E-state index contributed by atoms with van der Waals surface area (Å²) in [5.41, 5.74) is 2.29. The molecule has 0 bridgehead atoms. The average Bonchev–Trinajstić information content (AvgIpc) is 2.54. The van der Waals surface area contributed by atoms with Crippen LogP contribution >= 0.6 is 0 Å². The highest BCUT2D eigenvalue weighted by atomic mass is 15.2. The van der Waals surface area contributed by atoms with Gasteiger partial charge in [0.1, 0.15) is 0 Å². The van der Waals surface area contributed by atoms with Crippen LogP contribution in [-0.2, 0) is 6.54 Å². The Morgan fingerprint density at radius 3 is 3.00 bits per heavy atom. The van der Waals surface area contributed by atoms with E-state index in [4.69, 9.17) is 4.98 Å². The van der Waals surface area contributed by atoms with E-state index >= 15 is 0 Å². The van der Waals surface area contributed by atoms with Crippen molar-refractivity contribution in [1.29, 1.82) is 0 Å². The number of piperazine rings is 1. The van der Waals surface area contributed by atoms with Gasteiger partial charge in [0.25, 0.3) is 0 Å². The number of nitrogens with zero attached hydrogens (tertiary/aromatic N) is 2. The van der Waals surface area contributed by atoms with Gasteiger partial charge >= 0.3 is 0 Å². The number of pyridine rings is 1. The molecule has 2 unspecified atom stereocenters. The lowest BCUT2D eigenvalue weighted by Crippen LogP contribution is -2.53. The van der Waals surface area contributed by atoms with Crippen LogP contribution in [0.1, 0.15) is 26.0 Å². The Kier molecular flexibility index (Phi) is 4.51. The molecule has 112 valence electrons. The van der Waals surface area contributed by atoms with Gasteiger partial charge in [0.05, 0.1) is 11.2 Å². The SMILES string of the molecule is CCC(C)C1CNCCN1Cc1ccc2ccccc2n1. The highest BCUT2D eigenvalue weighted by molar-refractivity contribution is 5.78. The number of hydrogen-bond acceptors (Lipinski definition) is 3. The van der Waals surface area contributed by atoms with Gasteiger partial charge in [-0.1, -0.05) is 44.5 Å². The molecule has 0 saturated carbocycles. The first-order valence-electron chi connectivity index (χ1n) is 8.07. The number of rotatable bonds is 4. The van der Waals surface area contributed by atoms with Crippen molar-refractivity contribution < 1.29 is 0 Å². The van der Waals surface area contributed by atoms with Crippen molar-refractivity contribution in [1.82, 2.24) is 15.2 Å². The molecule has 1 N–H and O–H groups in total. The molecule has 2 heterocycles. The van der Waals surface area contributed by atoms with E-state index < -0.39 is 0 Å². The Morgan fingerprint density at radius 2 is 2.14 bits per heavy atom. The molecule has 0 amide bonds. The monoisotopic (exact) mass is 283 g/mol. The van der Waals surface area contributed by atoms with Gasteiger partial charge in [0, 0.05) is 37.6 Å². The fourth-order valence-corrected chi connectivity index (χ4v) is 3.20. The molecule has 1 aliphatic rings. The average molecular weight is 283 g/mol. The van der Waals surface area contributed by atoms with E-state index in [9.17, 15) is 0 Å². The fraction of sp³-hybridized carbons (Fsp3) is 0.500. The Labute approximate surface area is 127 Å². The van der Waals surface area contributed by atoms with Crippen LogP contribution in [0.4, 0.5) is 0 Å². The largest absolute Gasteiger partial charge is 0.314 e. The molecule has 2 atom stereocenters. The zero-order valence-electron chi connectivity index (χ0n) is 13.0. The van der Waals surface area contributed by atoms with Crippen molar-refractivity contribution in [3.63, 3.8) is 0 Å². The van der Waals surface area contributed by atoms with Crippen molar-refractivity contribution in [3.05, 3.63) is 42.1 Å². The Bertz CT molecular complexity index is 596. The van der Waals surface area contributed by atoms with Crippen molar-refractivity contribution in [2.75, 3.05) is 19.6 Å². The summed E-state index contributed by atoms with van der Waals surface area (Å²) < 4.78 is 0. The zero-order valence-corrected chi connectivity index (χ0v) is 13.0. The molecule has 0 radical (unpaired) electrons. The molecule has 3 rings (SSSR count). The van der Waals surface area contributed by atoms with Gasteiger partial charge < -0.3 is 5.32 Å². The second kappa shape index (κ2) is 6.54. The molecule has 1 aromatic heterocycles. The van der Waals surface area contributed by atoms with Gasteiger partial charge in [-0.3, -0.25) is 9.88 Å². The van der Waals surface area contributed by atoms with E-state index in [0.29, 0.717) is 6.04 Å². The summed E-state index contributed by atoms with van der Waals surface area (Å²) >= 11 is 0. The van der Waals surface area contributed by atoms with E-state index in [1.54, 1.807) is 0 Å². The molecule has 2 aromatic rings. The smallest absolute Gasteiger partial charge is 0.0705 e. The quantitative estimate of drug-likeness (QED) is 0.935. The molecule has 1 aliphatic heterocycles. The van der Waals surface area contributed by atoms with E-state index in [1.165, 1.54) is 17.5 Å². The van der Waals surface area contributed by atoms with Crippen LogP contribution in [-0.4, -0.2) is 35.6 Å². The summed E-state index contributed by atoms with van der Waals surface area (Å²) in [7, 11) is 0. The number of benzene rings is 1. The fourth-order valence-electron chi connectivity index (χ4n) is 3.20. The minimum absolute atomic E-state index is 0.622. The van der Waals surface area contributed by atoms with Crippen LogP contribution in [0.5, 0.6) is 0 Å². The van der Waals surface area contributed by atoms with Gasteiger partial charge in [-0.05, 0) is 18.1 Å². The maximum atomic E-state index is 4.83. The first-order valence-corrected chi connectivity index (χ1v) is 8.07. The van der Waals surface area contributed by atoms with E-state index in [1.807, 2.05) is 0 Å². The summed E-state index contributed by atoms with van der Waals surface area (Å²) in [6.45, 7) is 8.90. The van der Waals surface area contributed by atoms with Crippen molar-refractivity contribution in [3.8, 4) is 0 Å². The number of hydrogen-bond donors (Lipinski definition) is 1. The third-order valence-electron chi connectivity index (χ3n) is 4.72. The molecule has 1 fully saturated rings. The molecule has 3 nitrogen and oxygen atoms in total. The first-order chi connectivity index (χ1) is 10.3. The summed E-state index contributed by atoms with van der Waals surface area (Å²) in [5.74, 6) is 0.721. The third kappa shape index (κ3) is 3.25. The summed E-state index contributed by atoms with van der Waals surface area (Å²) in [6, 6.07) is 13.3. The predicted octanol–water partition coefficient (Wildman–Crippen LogP) is 3.05. The highest BCUT2D eigenvalue weighted by Gasteiger charge is 2.26. The lowest BCUT2D eigenvalue weighted by molar-refractivity contribution is 0.108. The van der Waals surface area contributed by atoms with E-state index in [2.05, 4.69) is 60.5 Å². The summed E-state index contributed by atoms with van der Waals surface area (Å²) in [5, 5.41) is 4.76. The lowest BCUT2D eigenvalue weighted by atomic mass is 9.96. The molecule has 1 aromatic carbocycles. The Morgan fingerprint density at radius 1 is 1.29 bits per heavy atom. The van der Waals surface area contributed by atoms with Crippen LogP contribution < -0.4 is 5.32 Å². The first kappa shape index (κ1) is 14.5. The van der Waals surface area contributed by atoms with Crippen molar-refractivity contribution in [2.24, 2.45) is 5.92 Å². The number of nitrogens with one attached hydrogen (secondary N) is 1. The van der Waals surface area contributed by atoms with Crippen LogP contribution in [0.25, 0.3) is 10.9 Å². The molecule has 1 saturated heterocycles. The van der Waals surface area contributed by atoms with E-state index in [0.717, 1.165) is 37.6 Å². The second-order valence-corrected chi connectivity index (χ2v) is 6.12. The van der Waals surface area contributed by atoms with Crippen molar-refractivity contribution in [2.45, 2.75) is 32.9 Å². The summed E-state index contributed by atoms with van der Waals surface area (Å²) in [6.07, 6.45) is 1.23. The Balaban J connectivity index is 1.79. The van der Waals surface area contributed by atoms with Gasteiger partial charge in [0.2, 0.25) is 0 Å².